The summed E-state index contributed by atoms with van der Waals surface area (Å²) < 4.78 is 7.97. The topological polar surface area (TPSA) is 68.2 Å². The molecule has 6 heteroatoms. The van der Waals surface area contributed by atoms with Crippen LogP contribution in [-0.2, 0) is 4.74 Å². The average molecular weight is 344 g/mol. The highest BCUT2D eigenvalue weighted by Gasteiger charge is 2.67. The quantitative estimate of drug-likeness (QED) is 0.886. The molecule has 0 aromatic carbocycles. The van der Waals surface area contributed by atoms with Crippen LogP contribution in [0.2, 0.25) is 0 Å². The monoisotopic (exact) mass is 344 g/mol. The summed E-state index contributed by atoms with van der Waals surface area (Å²) in [5.41, 5.74) is 0.243. The van der Waals surface area contributed by atoms with E-state index < -0.39 is 0 Å². The smallest absolute Gasteiger partial charge is 0.315 e. The molecule has 136 valence electrons. The lowest BCUT2D eigenvalue weighted by Gasteiger charge is -2.63. The number of amides is 2. The molecule has 2 N–H and O–H groups in total. The van der Waals surface area contributed by atoms with Crippen molar-refractivity contribution in [3.8, 4) is 0 Å². The van der Waals surface area contributed by atoms with Gasteiger partial charge >= 0.3 is 6.03 Å². The fourth-order valence-electron chi connectivity index (χ4n) is 5.88. The molecule has 6 nitrogen and oxygen atoms in total. The maximum atomic E-state index is 12.8. The maximum absolute atomic E-state index is 12.8. The number of ether oxygens (including phenoxy) is 1. The van der Waals surface area contributed by atoms with Gasteiger partial charge < -0.3 is 15.4 Å². The minimum atomic E-state index is 0.00526. The van der Waals surface area contributed by atoms with Gasteiger partial charge in [0.15, 0.2) is 0 Å². The van der Waals surface area contributed by atoms with Crippen molar-refractivity contribution in [1.29, 1.82) is 0 Å². The number of urea groups is 1. The van der Waals surface area contributed by atoms with E-state index in [-0.39, 0.29) is 23.5 Å². The van der Waals surface area contributed by atoms with Gasteiger partial charge in [-0.15, -0.1) is 0 Å². The van der Waals surface area contributed by atoms with Crippen LogP contribution in [0.1, 0.15) is 57.4 Å². The Balaban J connectivity index is 1.24. The summed E-state index contributed by atoms with van der Waals surface area (Å²) in [7, 11) is 0. The molecule has 3 aliphatic carbocycles. The summed E-state index contributed by atoms with van der Waals surface area (Å²) in [6, 6.07) is 2.71. The SMILES string of the molecule is O=C(N[C@@H]1[C@@H]2CCO[C@H]2C12CCC2)N[C@@H]1CCCC[C@@H]1n1cccn1. The van der Waals surface area contributed by atoms with Crippen molar-refractivity contribution in [2.45, 2.75) is 75.6 Å². The van der Waals surface area contributed by atoms with Gasteiger partial charge in [0.1, 0.15) is 0 Å². The molecule has 1 aromatic rings. The van der Waals surface area contributed by atoms with E-state index in [4.69, 9.17) is 4.74 Å². The second-order valence-electron chi connectivity index (χ2n) is 8.37. The first kappa shape index (κ1) is 15.7. The van der Waals surface area contributed by atoms with Gasteiger partial charge in [0, 0.05) is 36.4 Å². The molecule has 2 amide bonds. The van der Waals surface area contributed by atoms with Crippen LogP contribution in [0.4, 0.5) is 4.79 Å². The van der Waals surface area contributed by atoms with E-state index in [0.717, 1.165) is 25.9 Å². The van der Waals surface area contributed by atoms with Crippen molar-refractivity contribution >= 4 is 6.03 Å². The van der Waals surface area contributed by atoms with Gasteiger partial charge in [0.25, 0.3) is 0 Å². The average Bonchev–Trinajstić information content (AvgIpc) is 3.22. The Kier molecular flexibility index (Phi) is 3.77. The van der Waals surface area contributed by atoms with Gasteiger partial charge in [-0.05, 0) is 38.2 Å². The van der Waals surface area contributed by atoms with Crippen LogP contribution in [0, 0.1) is 11.3 Å². The molecule has 25 heavy (non-hydrogen) atoms. The molecule has 1 spiro atoms. The largest absolute Gasteiger partial charge is 0.377 e. The molecule has 4 aliphatic rings. The van der Waals surface area contributed by atoms with Crippen LogP contribution in [0.15, 0.2) is 18.5 Å². The van der Waals surface area contributed by atoms with Gasteiger partial charge in [-0.2, -0.15) is 5.10 Å². The van der Waals surface area contributed by atoms with E-state index in [0.29, 0.717) is 18.1 Å². The fraction of sp³-hybridized carbons (Fsp3) is 0.789. The molecule has 5 atom stereocenters. The maximum Gasteiger partial charge on any atom is 0.315 e. The highest BCUT2D eigenvalue weighted by atomic mass is 16.5. The van der Waals surface area contributed by atoms with Crippen molar-refractivity contribution in [1.82, 2.24) is 20.4 Å². The van der Waals surface area contributed by atoms with Crippen LogP contribution in [0.25, 0.3) is 0 Å². The summed E-state index contributed by atoms with van der Waals surface area (Å²) in [4.78, 5) is 12.8. The van der Waals surface area contributed by atoms with Gasteiger partial charge in [-0.1, -0.05) is 19.3 Å². The third kappa shape index (κ3) is 2.40. The second kappa shape index (κ2) is 6.01. The van der Waals surface area contributed by atoms with Gasteiger partial charge in [-0.3, -0.25) is 4.68 Å². The Bertz CT molecular complexity index is 627. The zero-order chi connectivity index (χ0) is 16.9. The van der Waals surface area contributed by atoms with Gasteiger partial charge in [-0.25, -0.2) is 4.79 Å². The number of fused-ring (bicyclic) bond motifs is 2. The Morgan fingerprint density at radius 3 is 2.80 bits per heavy atom. The number of nitrogens with zero attached hydrogens (tertiary/aromatic N) is 2. The standard InChI is InChI=1S/C19H28N4O2/c24-18(21-14-5-1-2-6-15(14)23-11-4-10-20-23)22-16-13-7-12-25-17(13)19(16)8-3-9-19/h4,10-11,13-17H,1-3,5-9,12H2,(H2,21,22,24)/t13-,14+,15-,16+,17+/m0/s1. The van der Waals surface area contributed by atoms with Crippen LogP contribution >= 0.6 is 0 Å². The first-order chi connectivity index (χ1) is 12.3. The lowest BCUT2D eigenvalue weighted by atomic mass is 9.46. The molecule has 1 saturated heterocycles. The third-order valence-electron chi connectivity index (χ3n) is 7.23. The molecule has 1 aliphatic heterocycles. The number of hydrogen-bond donors (Lipinski definition) is 2. The Labute approximate surface area is 148 Å². The van der Waals surface area contributed by atoms with Crippen molar-refractivity contribution in [2.75, 3.05) is 6.61 Å². The Hall–Kier alpha value is -1.56. The van der Waals surface area contributed by atoms with E-state index in [1.807, 2.05) is 23.1 Å². The van der Waals surface area contributed by atoms with E-state index >= 15 is 0 Å². The lowest BCUT2D eigenvalue weighted by molar-refractivity contribution is -0.172. The number of carbonyl (C=O) groups is 1. The summed E-state index contributed by atoms with van der Waals surface area (Å²) in [5.74, 6) is 0.527. The second-order valence-corrected chi connectivity index (χ2v) is 8.37. The molecule has 1 aromatic heterocycles. The van der Waals surface area contributed by atoms with Crippen molar-refractivity contribution in [3.63, 3.8) is 0 Å². The number of rotatable bonds is 3. The van der Waals surface area contributed by atoms with Crippen LogP contribution < -0.4 is 10.6 Å². The lowest BCUT2D eigenvalue weighted by Crippen LogP contribution is -2.72. The summed E-state index contributed by atoms with van der Waals surface area (Å²) >= 11 is 0. The van der Waals surface area contributed by atoms with E-state index in [2.05, 4.69) is 15.7 Å². The predicted octanol–water partition coefficient (Wildman–Crippen LogP) is 2.62. The van der Waals surface area contributed by atoms with E-state index in [9.17, 15) is 4.79 Å². The van der Waals surface area contributed by atoms with Crippen LogP contribution in [0.5, 0.6) is 0 Å². The van der Waals surface area contributed by atoms with Crippen molar-refractivity contribution in [3.05, 3.63) is 18.5 Å². The highest BCUT2D eigenvalue weighted by Crippen LogP contribution is 2.62. The molecular formula is C19H28N4O2. The van der Waals surface area contributed by atoms with Crippen molar-refractivity contribution < 1.29 is 9.53 Å². The zero-order valence-corrected chi connectivity index (χ0v) is 14.7. The third-order valence-corrected chi connectivity index (χ3v) is 7.23. The first-order valence-corrected chi connectivity index (χ1v) is 9.96. The van der Waals surface area contributed by atoms with Gasteiger partial charge in [0.05, 0.1) is 18.2 Å². The molecule has 0 radical (unpaired) electrons. The minimum absolute atomic E-state index is 0.00526. The number of hydrogen-bond acceptors (Lipinski definition) is 3. The number of carbonyl (C=O) groups excluding carboxylic acids is 1. The number of nitrogens with one attached hydrogen (secondary N) is 2. The molecule has 3 saturated carbocycles. The van der Waals surface area contributed by atoms with Crippen LogP contribution in [0.3, 0.4) is 0 Å². The molecular weight excluding hydrogens is 316 g/mol. The van der Waals surface area contributed by atoms with Gasteiger partial charge in [0.2, 0.25) is 0 Å². The Morgan fingerprint density at radius 1 is 1.16 bits per heavy atom. The number of aromatic nitrogens is 2. The van der Waals surface area contributed by atoms with E-state index in [1.165, 1.54) is 32.1 Å². The van der Waals surface area contributed by atoms with Crippen molar-refractivity contribution in [2.24, 2.45) is 11.3 Å². The van der Waals surface area contributed by atoms with Crippen LogP contribution in [-0.4, -0.2) is 40.6 Å². The highest BCUT2D eigenvalue weighted by molar-refractivity contribution is 5.75. The zero-order valence-electron chi connectivity index (χ0n) is 14.7. The molecule has 5 rings (SSSR count). The van der Waals surface area contributed by atoms with E-state index in [1.54, 1.807) is 0 Å². The Morgan fingerprint density at radius 2 is 2.04 bits per heavy atom. The summed E-state index contributed by atoms with van der Waals surface area (Å²) in [5, 5.41) is 11.0. The minimum Gasteiger partial charge on any atom is -0.377 e. The fourth-order valence-corrected chi connectivity index (χ4v) is 5.88. The summed E-state index contributed by atoms with van der Waals surface area (Å²) in [6.45, 7) is 0.862. The summed E-state index contributed by atoms with van der Waals surface area (Å²) in [6.07, 6.45) is 13.5. The molecule has 0 bridgehead atoms. The predicted molar refractivity (Wildman–Crippen MR) is 93.1 cm³/mol. The first-order valence-electron chi connectivity index (χ1n) is 9.96. The molecule has 0 unspecified atom stereocenters. The molecule has 4 fully saturated rings. The molecule has 2 heterocycles. The normalized spacial score (nSPS) is 38.5.